The highest BCUT2D eigenvalue weighted by molar-refractivity contribution is 5.96. The summed E-state index contributed by atoms with van der Waals surface area (Å²) in [6.07, 6.45) is 0.851. The van der Waals surface area contributed by atoms with Crippen LogP contribution < -0.4 is 5.32 Å². The van der Waals surface area contributed by atoms with Crippen LogP contribution in [0.1, 0.15) is 30.1 Å². The third-order valence-electron chi connectivity index (χ3n) is 2.55. The molecule has 8 heteroatoms. The fourth-order valence-corrected chi connectivity index (χ4v) is 1.54. The van der Waals surface area contributed by atoms with Crippen molar-refractivity contribution in [2.45, 2.75) is 25.8 Å². The summed E-state index contributed by atoms with van der Waals surface area (Å²) in [5.41, 5.74) is -0.361. The minimum Gasteiger partial charge on any atom is -0.480 e. The van der Waals surface area contributed by atoms with Gasteiger partial charge in [-0.25, -0.2) is 9.78 Å². The van der Waals surface area contributed by atoms with Crippen molar-refractivity contribution in [2.75, 3.05) is 6.61 Å². The van der Waals surface area contributed by atoms with Gasteiger partial charge in [0.15, 0.2) is 0 Å². The van der Waals surface area contributed by atoms with Gasteiger partial charge in [-0.15, -0.1) is 0 Å². The van der Waals surface area contributed by atoms with Crippen LogP contribution in [0.15, 0.2) is 18.3 Å². The molecule has 0 fully saturated rings. The number of hydrogen-bond acceptors (Lipinski definition) is 5. The number of carboxylic acids is 1. The molecule has 0 spiro atoms. The van der Waals surface area contributed by atoms with Gasteiger partial charge in [0.2, 0.25) is 5.95 Å². The first-order valence-electron chi connectivity index (χ1n) is 6.25. The number of pyridine rings is 1. The third-order valence-corrected chi connectivity index (χ3v) is 2.55. The van der Waals surface area contributed by atoms with Crippen molar-refractivity contribution in [2.24, 2.45) is 0 Å². The SMILES string of the molecule is CCOC(=O)CC[C@H](NC(=O)c1cccnc1F)C(=O)O. The molecule has 1 amide bonds. The molecule has 0 aliphatic rings. The lowest BCUT2D eigenvalue weighted by atomic mass is 10.1. The van der Waals surface area contributed by atoms with Gasteiger partial charge in [0.05, 0.1) is 12.2 Å². The summed E-state index contributed by atoms with van der Waals surface area (Å²) in [5, 5.41) is 11.1. The molecular weight excluding hydrogens is 283 g/mol. The maximum Gasteiger partial charge on any atom is 0.326 e. The summed E-state index contributed by atoms with van der Waals surface area (Å²) >= 11 is 0. The largest absolute Gasteiger partial charge is 0.480 e. The normalized spacial score (nSPS) is 11.5. The second kappa shape index (κ2) is 7.93. The Morgan fingerprint density at radius 1 is 1.48 bits per heavy atom. The highest BCUT2D eigenvalue weighted by Crippen LogP contribution is 2.06. The highest BCUT2D eigenvalue weighted by atomic mass is 19.1. The molecular formula is C13H15FN2O5. The molecule has 114 valence electrons. The number of nitrogens with one attached hydrogen (secondary N) is 1. The van der Waals surface area contributed by atoms with E-state index < -0.39 is 29.8 Å². The van der Waals surface area contributed by atoms with E-state index in [2.05, 4.69) is 15.0 Å². The summed E-state index contributed by atoms with van der Waals surface area (Å²) in [7, 11) is 0. The number of halogens is 1. The second-order valence-electron chi connectivity index (χ2n) is 4.05. The first-order valence-corrected chi connectivity index (χ1v) is 6.25. The zero-order valence-corrected chi connectivity index (χ0v) is 11.3. The van der Waals surface area contributed by atoms with E-state index in [-0.39, 0.29) is 25.0 Å². The van der Waals surface area contributed by atoms with Gasteiger partial charge in [0.25, 0.3) is 5.91 Å². The zero-order chi connectivity index (χ0) is 15.8. The van der Waals surface area contributed by atoms with Crippen LogP contribution in [0.25, 0.3) is 0 Å². The lowest BCUT2D eigenvalue weighted by Gasteiger charge is -2.14. The van der Waals surface area contributed by atoms with Gasteiger partial charge >= 0.3 is 11.9 Å². The van der Waals surface area contributed by atoms with Gasteiger partial charge in [-0.2, -0.15) is 4.39 Å². The van der Waals surface area contributed by atoms with Gasteiger partial charge < -0.3 is 15.2 Å². The van der Waals surface area contributed by atoms with Crippen molar-refractivity contribution in [3.8, 4) is 0 Å². The predicted molar refractivity (Wildman–Crippen MR) is 69.0 cm³/mol. The number of aliphatic carboxylic acids is 1. The minimum atomic E-state index is -1.32. The number of carbonyl (C=O) groups excluding carboxylic acids is 2. The Balaban J connectivity index is 2.66. The average molecular weight is 298 g/mol. The van der Waals surface area contributed by atoms with E-state index in [0.717, 1.165) is 0 Å². The maximum absolute atomic E-state index is 13.3. The number of esters is 1. The van der Waals surface area contributed by atoms with E-state index in [0.29, 0.717) is 0 Å². The van der Waals surface area contributed by atoms with Gasteiger partial charge in [-0.1, -0.05) is 0 Å². The molecule has 1 aromatic rings. The van der Waals surface area contributed by atoms with Crippen LogP contribution in [0.3, 0.4) is 0 Å². The van der Waals surface area contributed by atoms with Gasteiger partial charge in [-0.05, 0) is 25.5 Å². The van der Waals surface area contributed by atoms with Crippen molar-refractivity contribution in [3.63, 3.8) is 0 Å². The molecule has 0 aliphatic heterocycles. The van der Waals surface area contributed by atoms with E-state index in [4.69, 9.17) is 5.11 Å². The summed E-state index contributed by atoms with van der Waals surface area (Å²) in [6.45, 7) is 1.81. The van der Waals surface area contributed by atoms with Crippen molar-refractivity contribution in [1.82, 2.24) is 10.3 Å². The molecule has 0 aromatic carbocycles. The number of amides is 1. The van der Waals surface area contributed by atoms with Crippen molar-refractivity contribution in [3.05, 3.63) is 29.8 Å². The van der Waals surface area contributed by atoms with E-state index in [1.807, 2.05) is 0 Å². The highest BCUT2D eigenvalue weighted by Gasteiger charge is 2.23. The fraction of sp³-hybridized carbons (Fsp3) is 0.385. The van der Waals surface area contributed by atoms with Crippen LogP contribution >= 0.6 is 0 Å². The molecule has 0 unspecified atom stereocenters. The minimum absolute atomic E-state index is 0.151. The molecule has 0 saturated heterocycles. The molecule has 0 radical (unpaired) electrons. The summed E-state index contributed by atoms with van der Waals surface area (Å²) in [6, 6.07) is 1.22. The van der Waals surface area contributed by atoms with E-state index in [1.54, 1.807) is 6.92 Å². The lowest BCUT2D eigenvalue weighted by molar-refractivity contribution is -0.144. The standard InChI is InChI=1S/C13H15FN2O5/c1-2-21-10(17)6-5-9(13(19)20)16-12(18)8-4-3-7-15-11(8)14/h3-4,7,9H,2,5-6H2,1H3,(H,16,18)(H,19,20)/t9-/m0/s1. The van der Waals surface area contributed by atoms with Crippen LogP contribution in [0.2, 0.25) is 0 Å². The molecule has 7 nitrogen and oxygen atoms in total. The summed E-state index contributed by atoms with van der Waals surface area (Å²) in [4.78, 5) is 37.3. The first-order chi connectivity index (χ1) is 9.95. The molecule has 2 N–H and O–H groups in total. The van der Waals surface area contributed by atoms with Gasteiger partial charge in [0.1, 0.15) is 6.04 Å². The quantitative estimate of drug-likeness (QED) is 0.568. The van der Waals surface area contributed by atoms with Crippen molar-refractivity contribution in [1.29, 1.82) is 0 Å². The Bertz CT molecular complexity index is 535. The molecule has 0 saturated carbocycles. The molecule has 0 aliphatic carbocycles. The second-order valence-corrected chi connectivity index (χ2v) is 4.05. The predicted octanol–water partition coefficient (Wildman–Crippen LogP) is 0.747. The smallest absolute Gasteiger partial charge is 0.326 e. The molecule has 1 rings (SSSR count). The number of carbonyl (C=O) groups is 3. The maximum atomic E-state index is 13.3. The molecule has 0 bridgehead atoms. The van der Waals surface area contributed by atoms with Crippen LogP contribution in [0.5, 0.6) is 0 Å². The Labute approximate surface area is 120 Å². The first kappa shape index (κ1) is 16.5. The van der Waals surface area contributed by atoms with Crippen LogP contribution in [0, 0.1) is 5.95 Å². The molecule has 1 atom stereocenters. The Morgan fingerprint density at radius 2 is 2.19 bits per heavy atom. The Kier molecular flexibility index (Phi) is 6.25. The number of nitrogens with zero attached hydrogens (tertiary/aromatic N) is 1. The average Bonchev–Trinajstić information content (AvgIpc) is 2.43. The van der Waals surface area contributed by atoms with Crippen LogP contribution in [0.4, 0.5) is 4.39 Å². The van der Waals surface area contributed by atoms with Gasteiger partial charge in [0, 0.05) is 12.6 Å². The summed E-state index contributed by atoms with van der Waals surface area (Å²) in [5.74, 6) is -3.79. The van der Waals surface area contributed by atoms with Crippen molar-refractivity contribution >= 4 is 17.8 Å². The number of rotatable bonds is 7. The number of carboxylic acid groups (broad SMARTS) is 1. The molecule has 21 heavy (non-hydrogen) atoms. The van der Waals surface area contributed by atoms with E-state index in [9.17, 15) is 18.8 Å². The van der Waals surface area contributed by atoms with Crippen molar-refractivity contribution < 1.29 is 28.6 Å². The monoisotopic (exact) mass is 298 g/mol. The number of hydrogen-bond donors (Lipinski definition) is 2. The number of aromatic nitrogens is 1. The van der Waals surface area contributed by atoms with Gasteiger partial charge in [-0.3, -0.25) is 9.59 Å². The Hall–Kier alpha value is -2.51. The van der Waals surface area contributed by atoms with Crippen LogP contribution in [-0.4, -0.2) is 40.6 Å². The lowest BCUT2D eigenvalue weighted by Crippen LogP contribution is -2.41. The Morgan fingerprint density at radius 3 is 2.76 bits per heavy atom. The topological polar surface area (TPSA) is 106 Å². The fourth-order valence-electron chi connectivity index (χ4n) is 1.54. The third kappa shape index (κ3) is 5.17. The zero-order valence-electron chi connectivity index (χ0n) is 11.3. The summed E-state index contributed by atoms with van der Waals surface area (Å²) < 4.78 is 18.0. The molecule has 1 heterocycles. The van der Waals surface area contributed by atoms with Crippen LogP contribution in [-0.2, 0) is 14.3 Å². The van der Waals surface area contributed by atoms with E-state index in [1.165, 1.54) is 18.3 Å². The number of ether oxygens (including phenoxy) is 1. The molecule has 1 aromatic heterocycles. The van der Waals surface area contributed by atoms with E-state index >= 15 is 0 Å².